The molecule has 5 heteroatoms. The van der Waals surface area contributed by atoms with Crippen molar-refractivity contribution in [3.63, 3.8) is 0 Å². The van der Waals surface area contributed by atoms with Crippen molar-refractivity contribution >= 4 is 11.4 Å². The summed E-state index contributed by atoms with van der Waals surface area (Å²) < 4.78 is 13.2. The molecule has 96 valence electrons. The maximum Gasteiger partial charge on any atom is 0.128 e. The zero-order chi connectivity index (χ0) is 13.0. The Labute approximate surface area is 105 Å². The first-order chi connectivity index (χ1) is 8.66. The quantitative estimate of drug-likeness (QED) is 0.562. The summed E-state index contributed by atoms with van der Waals surface area (Å²) in [5.41, 5.74) is 7.57. The number of hydrogen-bond donors (Lipinski definition) is 3. The van der Waals surface area contributed by atoms with Gasteiger partial charge in [0, 0.05) is 25.4 Å². The number of hydrogen-bond acceptors (Lipinski definition) is 3. The van der Waals surface area contributed by atoms with Gasteiger partial charge in [0.15, 0.2) is 0 Å². The van der Waals surface area contributed by atoms with Gasteiger partial charge in [-0.05, 0) is 31.0 Å². The van der Waals surface area contributed by atoms with Crippen LogP contribution in [0.3, 0.4) is 0 Å². The summed E-state index contributed by atoms with van der Waals surface area (Å²) in [5.74, 6) is 0.702. The Hall–Kier alpha value is -2.04. The molecule has 0 saturated carbocycles. The minimum absolute atomic E-state index is 0.270. The van der Waals surface area contributed by atoms with Crippen molar-refractivity contribution in [2.75, 3.05) is 17.6 Å². The molecule has 0 radical (unpaired) electrons. The lowest BCUT2D eigenvalue weighted by Crippen LogP contribution is -2.06. The van der Waals surface area contributed by atoms with Crippen molar-refractivity contribution in [2.45, 2.75) is 19.8 Å². The van der Waals surface area contributed by atoms with Gasteiger partial charge in [0.25, 0.3) is 0 Å². The average Bonchev–Trinajstić information content (AvgIpc) is 2.84. The van der Waals surface area contributed by atoms with Crippen LogP contribution >= 0.6 is 0 Å². The highest BCUT2D eigenvalue weighted by Gasteiger charge is 2.04. The SMILES string of the molecule is Cc1cc(NCCCc2ncc[nH]2)c(N)cc1F. The van der Waals surface area contributed by atoms with Crippen molar-refractivity contribution in [3.8, 4) is 0 Å². The normalized spacial score (nSPS) is 10.6. The van der Waals surface area contributed by atoms with Crippen LogP contribution < -0.4 is 11.1 Å². The summed E-state index contributed by atoms with van der Waals surface area (Å²) in [6.45, 7) is 2.50. The Morgan fingerprint density at radius 1 is 1.44 bits per heavy atom. The van der Waals surface area contributed by atoms with Crippen LogP contribution in [0.25, 0.3) is 0 Å². The maximum absolute atomic E-state index is 13.2. The van der Waals surface area contributed by atoms with E-state index in [9.17, 15) is 4.39 Å². The van der Waals surface area contributed by atoms with Crippen molar-refractivity contribution in [2.24, 2.45) is 0 Å². The van der Waals surface area contributed by atoms with Gasteiger partial charge in [-0.25, -0.2) is 9.37 Å². The molecule has 18 heavy (non-hydrogen) atoms. The summed E-state index contributed by atoms with van der Waals surface area (Å²) in [4.78, 5) is 7.20. The standard InChI is InChI=1S/C13H17FN4/c1-9-7-12(11(15)8-10(9)14)16-4-2-3-13-17-5-6-18-13/h5-8,16H,2-4,15H2,1H3,(H,17,18). The van der Waals surface area contributed by atoms with Gasteiger partial charge in [0.2, 0.25) is 0 Å². The summed E-state index contributed by atoms with van der Waals surface area (Å²) in [5, 5.41) is 3.21. The summed E-state index contributed by atoms with van der Waals surface area (Å²) in [7, 11) is 0. The number of anilines is 2. The lowest BCUT2D eigenvalue weighted by atomic mass is 10.1. The van der Waals surface area contributed by atoms with Crippen LogP contribution in [0.4, 0.5) is 15.8 Å². The molecule has 0 bridgehead atoms. The molecule has 1 aromatic carbocycles. The number of H-pyrrole nitrogens is 1. The molecule has 0 spiro atoms. The van der Waals surface area contributed by atoms with E-state index in [2.05, 4.69) is 15.3 Å². The van der Waals surface area contributed by atoms with Crippen LogP contribution in [0.2, 0.25) is 0 Å². The predicted molar refractivity (Wildman–Crippen MR) is 70.9 cm³/mol. The van der Waals surface area contributed by atoms with E-state index in [0.29, 0.717) is 11.3 Å². The third kappa shape index (κ3) is 3.00. The molecule has 1 heterocycles. The van der Waals surface area contributed by atoms with Gasteiger partial charge in [0.1, 0.15) is 11.6 Å². The highest BCUT2D eigenvalue weighted by Crippen LogP contribution is 2.22. The first kappa shape index (κ1) is 12.4. The van der Waals surface area contributed by atoms with Crippen molar-refractivity contribution in [1.82, 2.24) is 9.97 Å². The molecular weight excluding hydrogens is 231 g/mol. The molecule has 0 aliphatic rings. The third-order valence-electron chi connectivity index (χ3n) is 2.79. The van der Waals surface area contributed by atoms with Gasteiger partial charge in [-0.2, -0.15) is 0 Å². The Balaban J connectivity index is 1.85. The maximum atomic E-state index is 13.2. The molecule has 1 aromatic heterocycles. The molecule has 0 aliphatic carbocycles. The molecule has 0 atom stereocenters. The second kappa shape index (κ2) is 5.53. The Morgan fingerprint density at radius 3 is 3.00 bits per heavy atom. The number of imidazole rings is 1. The summed E-state index contributed by atoms with van der Waals surface area (Å²) in [6, 6.07) is 3.09. The van der Waals surface area contributed by atoms with Crippen molar-refractivity contribution < 1.29 is 4.39 Å². The van der Waals surface area contributed by atoms with Crippen LogP contribution in [-0.4, -0.2) is 16.5 Å². The van der Waals surface area contributed by atoms with E-state index in [0.717, 1.165) is 30.9 Å². The minimum atomic E-state index is -0.270. The predicted octanol–water partition coefficient (Wildman–Crippen LogP) is 2.48. The van der Waals surface area contributed by atoms with Crippen molar-refractivity contribution in [3.05, 3.63) is 41.7 Å². The molecule has 0 unspecified atom stereocenters. The van der Waals surface area contributed by atoms with Crippen LogP contribution in [0.1, 0.15) is 17.8 Å². The molecule has 4 N–H and O–H groups in total. The number of nitrogens with zero attached hydrogens (tertiary/aromatic N) is 1. The van der Waals surface area contributed by atoms with Gasteiger partial charge in [-0.15, -0.1) is 0 Å². The molecule has 2 rings (SSSR count). The molecular formula is C13H17FN4. The fourth-order valence-electron chi connectivity index (χ4n) is 1.76. The van der Waals surface area contributed by atoms with Crippen LogP contribution in [0.5, 0.6) is 0 Å². The van der Waals surface area contributed by atoms with Gasteiger partial charge in [-0.1, -0.05) is 0 Å². The number of aromatic amines is 1. The number of benzene rings is 1. The van der Waals surface area contributed by atoms with E-state index in [-0.39, 0.29) is 5.82 Å². The van der Waals surface area contributed by atoms with Gasteiger partial charge in [-0.3, -0.25) is 0 Å². The fourth-order valence-corrected chi connectivity index (χ4v) is 1.76. The lowest BCUT2D eigenvalue weighted by molar-refractivity contribution is 0.619. The third-order valence-corrected chi connectivity index (χ3v) is 2.79. The highest BCUT2D eigenvalue weighted by molar-refractivity contribution is 5.67. The Bertz CT molecular complexity index is 508. The lowest BCUT2D eigenvalue weighted by Gasteiger charge is -2.10. The number of aryl methyl sites for hydroxylation is 2. The molecule has 2 aromatic rings. The molecule has 0 aliphatic heterocycles. The van der Waals surface area contributed by atoms with E-state index in [1.807, 2.05) is 6.20 Å². The van der Waals surface area contributed by atoms with Gasteiger partial charge < -0.3 is 16.0 Å². The molecule has 0 amide bonds. The summed E-state index contributed by atoms with van der Waals surface area (Å²) >= 11 is 0. The Morgan fingerprint density at radius 2 is 2.28 bits per heavy atom. The zero-order valence-electron chi connectivity index (χ0n) is 10.3. The largest absolute Gasteiger partial charge is 0.397 e. The molecule has 0 fully saturated rings. The fraction of sp³-hybridized carbons (Fsp3) is 0.308. The first-order valence-corrected chi connectivity index (χ1v) is 5.94. The number of halogens is 1. The van der Waals surface area contributed by atoms with Crippen LogP contribution in [-0.2, 0) is 6.42 Å². The van der Waals surface area contributed by atoms with Gasteiger partial charge in [0.05, 0.1) is 11.4 Å². The molecule has 0 saturated heterocycles. The smallest absolute Gasteiger partial charge is 0.128 e. The Kier molecular flexibility index (Phi) is 3.82. The van der Waals surface area contributed by atoms with E-state index in [1.165, 1.54) is 6.07 Å². The second-order valence-corrected chi connectivity index (χ2v) is 4.25. The topological polar surface area (TPSA) is 66.7 Å². The average molecular weight is 248 g/mol. The van der Waals surface area contributed by atoms with Crippen LogP contribution in [0.15, 0.2) is 24.5 Å². The van der Waals surface area contributed by atoms with E-state index in [4.69, 9.17) is 5.73 Å². The van der Waals surface area contributed by atoms with E-state index >= 15 is 0 Å². The monoisotopic (exact) mass is 248 g/mol. The van der Waals surface area contributed by atoms with Gasteiger partial charge >= 0.3 is 0 Å². The number of nitrogen functional groups attached to an aromatic ring is 1. The summed E-state index contributed by atoms with van der Waals surface area (Å²) in [6.07, 6.45) is 5.36. The second-order valence-electron chi connectivity index (χ2n) is 4.25. The van der Waals surface area contributed by atoms with Crippen LogP contribution in [0, 0.1) is 12.7 Å². The number of aromatic nitrogens is 2. The van der Waals surface area contributed by atoms with E-state index < -0.39 is 0 Å². The minimum Gasteiger partial charge on any atom is -0.397 e. The number of nitrogens with two attached hydrogens (primary N) is 1. The molecule has 4 nitrogen and oxygen atoms in total. The number of nitrogens with one attached hydrogen (secondary N) is 2. The number of rotatable bonds is 5. The zero-order valence-corrected chi connectivity index (χ0v) is 10.3. The highest BCUT2D eigenvalue weighted by atomic mass is 19.1. The van der Waals surface area contributed by atoms with E-state index in [1.54, 1.807) is 19.2 Å². The van der Waals surface area contributed by atoms with Crippen molar-refractivity contribution in [1.29, 1.82) is 0 Å². The first-order valence-electron chi connectivity index (χ1n) is 5.94.